The van der Waals surface area contributed by atoms with Crippen LogP contribution in [0.25, 0.3) is 0 Å². The van der Waals surface area contributed by atoms with E-state index in [2.05, 4.69) is 6.07 Å². The van der Waals surface area contributed by atoms with E-state index in [-0.39, 0.29) is 11.1 Å². The molecule has 1 aliphatic heterocycles. The summed E-state index contributed by atoms with van der Waals surface area (Å²) in [4.78, 5) is 14.1. The van der Waals surface area contributed by atoms with Crippen LogP contribution in [0.1, 0.15) is 21.5 Å². The van der Waals surface area contributed by atoms with Crippen molar-refractivity contribution in [2.24, 2.45) is 0 Å². The average molecular weight is 277 g/mol. The van der Waals surface area contributed by atoms with E-state index in [1.54, 1.807) is 11.0 Å². The highest BCUT2D eigenvalue weighted by Crippen LogP contribution is 2.27. The molecule has 1 aromatic heterocycles. The molecule has 1 amide bonds. The summed E-state index contributed by atoms with van der Waals surface area (Å²) < 4.78 is 4.96. The Morgan fingerprint density at radius 1 is 1.37 bits per heavy atom. The summed E-state index contributed by atoms with van der Waals surface area (Å²) in [7, 11) is 0. The molecular formula is C14H13ClN2O2. The van der Waals surface area contributed by atoms with Crippen molar-refractivity contribution in [3.8, 4) is 0 Å². The quantitative estimate of drug-likeness (QED) is 0.815. The topological polar surface area (TPSA) is 59.5 Å². The van der Waals surface area contributed by atoms with Gasteiger partial charge >= 0.3 is 0 Å². The van der Waals surface area contributed by atoms with Gasteiger partial charge in [0, 0.05) is 18.8 Å². The number of benzene rings is 1. The highest BCUT2D eigenvalue weighted by molar-refractivity contribution is 6.32. The van der Waals surface area contributed by atoms with Gasteiger partial charge in [0.05, 0.1) is 11.8 Å². The van der Waals surface area contributed by atoms with Gasteiger partial charge in [0.15, 0.2) is 0 Å². The summed E-state index contributed by atoms with van der Waals surface area (Å²) in [6.45, 7) is 1.18. The van der Waals surface area contributed by atoms with Crippen LogP contribution in [-0.2, 0) is 13.0 Å². The number of anilines is 1. The lowest BCUT2D eigenvalue weighted by atomic mass is 9.98. The molecule has 0 aliphatic carbocycles. The monoisotopic (exact) mass is 276 g/mol. The van der Waals surface area contributed by atoms with Gasteiger partial charge in [-0.3, -0.25) is 4.79 Å². The summed E-state index contributed by atoms with van der Waals surface area (Å²) >= 11 is 5.85. The molecule has 98 valence electrons. The summed E-state index contributed by atoms with van der Waals surface area (Å²) in [5, 5.41) is 0.136. The van der Waals surface area contributed by atoms with Crippen LogP contribution in [0, 0.1) is 0 Å². The zero-order valence-electron chi connectivity index (χ0n) is 10.2. The summed E-state index contributed by atoms with van der Waals surface area (Å²) in [5.41, 5.74) is 9.34. The number of fused-ring (bicyclic) bond motifs is 1. The number of nitrogens with two attached hydrogens (primary N) is 1. The van der Waals surface area contributed by atoms with Crippen molar-refractivity contribution in [2.45, 2.75) is 13.0 Å². The maximum atomic E-state index is 12.3. The molecule has 3 rings (SSSR count). The minimum absolute atomic E-state index is 0.118. The fourth-order valence-electron chi connectivity index (χ4n) is 2.40. The molecule has 2 aromatic rings. The highest BCUT2D eigenvalue weighted by Gasteiger charge is 2.25. The van der Waals surface area contributed by atoms with Gasteiger partial charge in [-0.2, -0.15) is 0 Å². The Kier molecular flexibility index (Phi) is 2.95. The predicted octanol–water partition coefficient (Wildman–Crippen LogP) is 2.71. The zero-order chi connectivity index (χ0) is 13.4. The van der Waals surface area contributed by atoms with E-state index >= 15 is 0 Å². The Bertz CT molecular complexity index is 636. The Morgan fingerprint density at radius 3 is 2.95 bits per heavy atom. The van der Waals surface area contributed by atoms with Gasteiger partial charge in [-0.15, -0.1) is 0 Å². The van der Waals surface area contributed by atoms with Crippen LogP contribution in [0.3, 0.4) is 0 Å². The van der Waals surface area contributed by atoms with Crippen LogP contribution < -0.4 is 5.73 Å². The minimum Gasteiger partial charge on any atom is -0.452 e. The molecule has 1 aromatic carbocycles. The van der Waals surface area contributed by atoms with Crippen molar-refractivity contribution in [1.29, 1.82) is 0 Å². The maximum Gasteiger partial charge on any atom is 0.259 e. The van der Waals surface area contributed by atoms with E-state index in [9.17, 15) is 4.79 Å². The molecule has 2 N–H and O–H groups in total. The largest absolute Gasteiger partial charge is 0.452 e. The number of nitrogens with zero attached hydrogens (tertiary/aromatic N) is 1. The van der Waals surface area contributed by atoms with Crippen LogP contribution in [-0.4, -0.2) is 17.4 Å². The third kappa shape index (κ3) is 2.08. The lowest BCUT2D eigenvalue weighted by Gasteiger charge is -2.29. The first-order valence-corrected chi connectivity index (χ1v) is 6.43. The fourth-order valence-corrected chi connectivity index (χ4v) is 2.59. The predicted molar refractivity (Wildman–Crippen MR) is 73.0 cm³/mol. The molecule has 0 spiro atoms. The lowest BCUT2D eigenvalue weighted by Crippen LogP contribution is -2.36. The molecule has 0 unspecified atom stereocenters. The number of nitrogen functional groups attached to an aromatic ring is 1. The summed E-state index contributed by atoms with van der Waals surface area (Å²) in [6.07, 6.45) is 2.23. The number of halogens is 1. The Morgan fingerprint density at radius 2 is 2.21 bits per heavy atom. The van der Waals surface area contributed by atoms with E-state index in [1.165, 1.54) is 11.8 Å². The normalized spacial score (nSPS) is 14.3. The maximum absolute atomic E-state index is 12.3. The number of carbonyl (C=O) groups is 1. The van der Waals surface area contributed by atoms with Crippen LogP contribution in [0.15, 0.2) is 34.9 Å². The highest BCUT2D eigenvalue weighted by atomic mass is 35.5. The van der Waals surface area contributed by atoms with E-state index in [0.29, 0.717) is 18.7 Å². The number of amides is 1. The van der Waals surface area contributed by atoms with Crippen molar-refractivity contribution in [2.75, 3.05) is 12.3 Å². The molecule has 0 saturated heterocycles. The first-order valence-electron chi connectivity index (χ1n) is 6.05. The molecule has 0 atom stereocenters. The number of hydrogen-bond donors (Lipinski definition) is 1. The van der Waals surface area contributed by atoms with Gasteiger partial charge in [-0.1, -0.05) is 12.1 Å². The van der Waals surface area contributed by atoms with Crippen molar-refractivity contribution in [3.63, 3.8) is 0 Å². The molecule has 0 fully saturated rings. The summed E-state index contributed by atoms with van der Waals surface area (Å²) in [5.74, 6) is -0.118. The zero-order valence-corrected chi connectivity index (χ0v) is 11.0. The molecule has 4 nitrogen and oxygen atoms in total. The SMILES string of the molecule is Nc1cccc2c1CN(C(=O)c1ccoc1Cl)CC2. The number of furan rings is 1. The van der Waals surface area contributed by atoms with Crippen molar-refractivity contribution in [1.82, 2.24) is 4.90 Å². The first-order chi connectivity index (χ1) is 9.16. The standard InChI is InChI=1S/C14H13ClN2O2/c15-13-10(5-7-19-13)14(18)17-6-4-9-2-1-3-12(16)11(9)8-17/h1-3,5,7H,4,6,8,16H2. The molecule has 19 heavy (non-hydrogen) atoms. The van der Waals surface area contributed by atoms with E-state index in [0.717, 1.165) is 17.7 Å². The molecule has 0 radical (unpaired) electrons. The molecule has 0 saturated carbocycles. The lowest BCUT2D eigenvalue weighted by molar-refractivity contribution is 0.0734. The van der Waals surface area contributed by atoms with Crippen molar-refractivity contribution in [3.05, 3.63) is 52.4 Å². The van der Waals surface area contributed by atoms with E-state index < -0.39 is 0 Å². The second-order valence-corrected chi connectivity index (χ2v) is 4.91. The van der Waals surface area contributed by atoms with Crippen LogP contribution in [0.2, 0.25) is 5.22 Å². The Balaban J connectivity index is 1.88. The number of rotatable bonds is 1. The van der Waals surface area contributed by atoms with Gasteiger partial charge in [0.25, 0.3) is 5.91 Å². The number of carbonyl (C=O) groups excluding carboxylic acids is 1. The molecular weight excluding hydrogens is 264 g/mol. The van der Waals surface area contributed by atoms with Gasteiger partial charge in [0.1, 0.15) is 0 Å². The van der Waals surface area contributed by atoms with Gasteiger partial charge < -0.3 is 15.1 Å². The molecule has 2 heterocycles. The van der Waals surface area contributed by atoms with Gasteiger partial charge in [-0.05, 0) is 41.3 Å². The van der Waals surface area contributed by atoms with Gasteiger partial charge in [0.2, 0.25) is 5.22 Å². The molecule has 5 heteroatoms. The third-order valence-corrected chi connectivity index (χ3v) is 3.74. The molecule has 0 bridgehead atoms. The fraction of sp³-hybridized carbons (Fsp3) is 0.214. The van der Waals surface area contributed by atoms with Crippen molar-refractivity contribution >= 4 is 23.2 Å². The van der Waals surface area contributed by atoms with Gasteiger partial charge in [-0.25, -0.2) is 0 Å². The Hall–Kier alpha value is -1.94. The van der Waals surface area contributed by atoms with E-state index in [4.69, 9.17) is 21.8 Å². The minimum atomic E-state index is -0.118. The smallest absolute Gasteiger partial charge is 0.259 e. The number of hydrogen-bond acceptors (Lipinski definition) is 3. The summed E-state index contributed by atoms with van der Waals surface area (Å²) in [6, 6.07) is 7.45. The van der Waals surface area contributed by atoms with Crippen molar-refractivity contribution < 1.29 is 9.21 Å². The Labute approximate surface area is 115 Å². The first kappa shape index (κ1) is 12.1. The second kappa shape index (κ2) is 4.63. The van der Waals surface area contributed by atoms with Crippen LogP contribution in [0.5, 0.6) is 0 Å². The second-order valence-electron chi connectivity index (χ2n) is 4.57. The van der Waals surface area contributed by atoms with Crippen LogP contribution in [0.4, 0.5) is 5.69 Å². The van der Waals surface area contributed by atoms with E-state index in [1.807, 2.05) is 12.1 Å². The van der Waals surface area contributed by atoms with Crippen LogP contribution >= 0.6 is 11.6 Å². The average Bonchev–Trinajstić information content (AvgIpc) is 2.84. The third-order valence-electron chi connectivity index (χ3n) is 3.44. The molecule has 1 aliphatic rings.